The van der Waals surface area contributed by atoms with E-state index in [1.54, 1.807) is 13.3 Å². The number of carbonyl (C=O) groups excluding carboxylic acids is 1. The zero-order valence-electron chi connectivity index (χ0n) is 9.47. The Morgan fingerprint density at radius 3 is 3.00 bits per heavy atom. The van der Waals surface area contributed by atoms with Gasteiger partial charge in [-0.15, -0.1) is 0 Å². The van der Waals surface area contributed by atoms with Gasteiger partial charge >= 0.3 is 5.97 Å². The smallest absolute Gasteiger partial charge is 0.302 e. The highest BCUT2D eigenvalue weighted by molar-refractivity contribution is 5.67. The van der Waals surface area contributed by atoms with Gasteiger partial charge in [-0.05, 0) is 12.1 Å². The first kappa shape index (κ1) is 12.2. The van der Waals surface area contributed by atoms with E-state index in [1.165, 1.54) is 6.92 Å². The lowest BCUT2D eigenvalue weighted by Gasteiger charge is -2.00. The van der Waals surface area contributed by atoms with Crippen LogP contribution in [-0.4, -0.2) is 25.9 Å². The Kier molecular flexibility index (Phi) is 5.05. The highest BCUT2D eigenvalue weighted by atomic mass is 16.5. The van der Waals surface area contributed by atoms with Crippen LogP contribution in [0.5, 0.6) is 5.75 Å². The fraction of sp³-hybridized carbons (Fsp3) is 0.333. The number of aliphatic imine (C=N–C) groups is 1. The van der Waals surface area contributed by atoms with E-state index in [4.69, 9.17) is 9.47 Å². The standard InChI is InChI=1S/C12H15NO3/c1-10(14)16-8-4-7-13-11-5-3-6-12(9-11)15-2/h3,5-7,9H,4,8H2,1-2H3. The molecule has 0 amide bonds. The van der Waals surface area contributed by atoms with Crippen LogP contribution >= 0.6 is 0 Å². The maximum absolute atomic E-state index is 10.5. The molecule has 0 aliphatic rings. The Hall–Kier alpha value is -1.84. The molecular weight excluding hydrogens is 206 g/mol. The lowest BCUT2D eigenvalue weighted by molar-refractivity contribution is -0.140. The number of ether oxygens (including phenoxy) is 2. The summed E-state index contributed by atoms with van der Waals surface area (Å²) in [5.41, 5.74) is 0.821. The van der Waals surface area contributed by atoms with Gasteiger partial charge in [0.15, 0.2) is 0 Å². The third kappa shape index (κ3) is 4.59. The summed E-state index contributed by atoms with van der Waals surface area (Å²) < 4.78 is 9.84. The number of carbonyl (C=O) groups is 1. The molecule has 0 heterocycles. The summed E-state index contributed by atoms with van der Waals surface area (Å²) >= 11 is 0. The van der Waals surface area contributed by atoms with Crippen LogP contribution in [0.2, 0.25) is 0 Å². The van der Waals surface area contributed by atoms with Crippen molar-refractivity contribution in [2.24, 2.45) is 4.99 Å². The predicted molar refractivity (Wildman–Crippen MR) is 62.4 cm³/mol. The molecule has 0 saturated heterocycles. The van der Waals surface area contributed by atoms with Crippen molar-refractivity contribution in [3.8, 4) is 5.75 Å². The van der Waals surface area contributed by atoms with E-state index in [0.717, 1.165) is 11.4 Å². The van der Waals surface area contributed by atoms with Gasteiger partial charge in [0.2, 0.25) is 0 Å². The third-order valence-electron chi connectivity index (χ3n) is 1.85. The SMILES string of the molecule is COc1cccc(N=CCCOC(C)=O)c1. The van der Waals surface area contributed by atoms with Crippen molar-refractivity contribution >= 4 is 17.9 Å². The Bertz CT molecular complexity index is 374. The predicted octanol–water partition coefficient (Wildman–Crippen LogP) is 2.35. The number of nitrogens with zero attached hydrogens (tertiary/aromatic N) is 1. The summed E-state index contributed by atoms with van der Waals surface area (Å²) in [6.45, 7) is 1.75. The molecule has 16 heavy (non-hydrogen) atoms. The van der Waals surface area contributed by atoms with E-state index in [1.807, 2.05) is 24.3 Å². The van der Waals surface area contributed by atoms with Gasteiger partial charge in [0.1, 0.15) is 5.75 Å². The second-order valence-corrected chi connectivity index (χ2v) is 3.14. The zero-order valence-corrected chi connectivity index (χ0v) is 9.47. The molecule has 0 atom stereocenters. The average molecular weight is 221 g/mol. The molecule has 0 spiro atoms. The van der Waals surface area contributed by atoms with E-state index in [-0.39, 0.29) is 5.97 Å². The summed E-state index contributed by atoms with van der Waals surface area (Å²) in [5.74, 6) is 0.504. The highest BCUT2D eigenvalue weighted by Crippen LogP contribution is 2.18. The second-order valence-electron chi connectivity index (χ2n) is 3.14. The quantitative estimate of drug-likeness (QED) is 0.435. The first-order valence-corrected chi connectivity index (χ1v) is 5.02. The summed E-state index contributed by atoms with van der Waals surface area (Å²) in [7, 11) is 1.61. The summed E-state index contributed by atoms with van der Waals surface area (Å²) in [6, 6.07) is 7.45. The zero-order chi connectivity index (χ0) is 11.8. The van der Waals surface area contributed by atoms with Crippen molar-refractivity contribution in [1.82, 2.24) is 0 Å². The number of methoxy groups -OCH3 is 1. The lowest BCUT2D eigenvalue weighted by Crippen LogP contribution is -2.00. The third-order valence-corrected chi connectivity index (χ3v) is 1.85. The van der Waals surface area contributed by atoms with Crippen LogP contribution in [0.4, 0.5) is 5.69 Å². The van der Waals surface area contributed by atoms with Crippen LogP contribution in [-0.2, 0) is 9.53 Å². The molecule has 0 fully saturated rings. The number of esters is 1. The maximum atomic E-state index is 10.5. The fourth-order valence-electron chi connectivity index (χ4n) is 1.12. The topological polar surface area (TPSA) is 47.9 Å². The van der Waals surface area contributed by atoms with Gasteiger partial charge in [0.25, 0.3) is 0 Å². The number of hydrogen-bond donors (Lipinski definition) is 0. The summed E-state index contributed by atoms with van der Waals surface area (Å²) in [6.07, 6.45) is 2.33. The van der Waals surface area contributed by atoms with Gasteiger partial charge in [-0.3, -0.25) is 9.79 Å². The van der Waals surface area contributed by atoms with Crippen molar-refractivity contribution in [2.45, 2.75) is 13.3 Å². The minimum absolute atomic E-state index is 0.269. The first-order chi connectivity index (χ1) is 7.72. The van der Waals surface area contributed by atoms with E-state index in [2.05, 4.69) is 4.99 Å². The largest absolute Gasteiger partial charge is 0.497 e. The minimum Gasteiger partial charge on any atom is -0.497 e. The number of benzene rings is 1. The van der Waals surface area contributed by atoms with Gasteiger partial charge < -0.3 is 9.47 Å². The molecular formula is C12H15NO3. The van der Waals surface area contributed by atoms with Crippen molar-refractivity contribution in [3.05, 3.63) is 24.3 Å². The van der Waals surface area contributed by atoms with E-state index in [0.29, 0.717) is 13.0 Å². The van der Waals surface area contributed by atoms with Crippen LogP contribution < -0.4 is 4.74 Å². The van der Waals surface area contributed by atoms with E-state index < -0.39 is 0 Å². The van der Waals surface area contributed by atoms with Crippen molar-refractivity contribution < 1.29 is 14.3 Å². The van der Waals surface area contributed by atoms with Gasteiger partial charge in [-0.25, -0.2) is 0 Å². The molecule has 0 saturated carbocycles. The normalized spacial score (nSPS) is 10.4. The molecule has 1 aromatic carbocycles. The molecule has 0 aromatic heterocycles. The van der Waals surface area contributed by atoms with Crippen LogP contribution in [0.1, 0.15) is 13.3 Å². The molecule has 0 aliphatic carbocycles. The molecule has 4 heteroatoms. The molecule has 0 aliphatic heterocycles. The monoisotopic (exact) mass is 221 g/mol. The minimum atomic E-state index is -0.269. The first-order valence-electron chi connectivity index (χ1n) is 5.02. The highest BCUT2D eigenvalue weighted by Gasteiger charge is 1.93. The Balaban J connectivity index is 2.40. The van der Waals surface area contributed by atoms with Gasteiger partial charge in [0, 0.05) is 25.6 Å². The van der Waals surface area contributed by atoms with Gasteiger partial charge in [-0.2, -0.15) is 0 Å². The van der Waals surface area contributed by atoms with Crippen LogP contribution in [0.3, 0.4) is 0 Å². The van der Waals surface area contributed by atoms with Crippen molar-refractivity contribution in [3.63, 3.8) is 0 Å². The molecule has 0 unspecified atom stereocenters. The molecule has 4 nitrogen and oxygen atoms in total. The molecule has 1 rings (SSSR count). The number of rotatable bonds is 5. The number of hydrogen-bond acceptors (Lipinski definition) is 4. The lowest BCUT2D eigenvalue weighted by atomic mass is 10.3. The Morgan fingerprint density at radius 2 is 2.31 bits per heavy atom. The van der Waals surface area contributed by atoms with Gasteiger partial charge in [0.05, 0.1) is 19.4 Å². The van der Waals surface area contributed by atoms with Gasteiger partial charge in [-0.1, -0.05) is 6.07 Å². The fourth-order valence-corrected chi connectivity index (χ4v) is 1.12. The van der Waals surface area contributed by atoms with Crippen LogP contribution in [0.25, 0.3) is 0 Å². The van der Waals surface area contributed by atoms with Crippen molar-refractivity contribution in [1.29, 1.82) is 0 Å². The average Bonchev–Trinajstić information content (AvgIpc) is 2.28. The van der Waals surface area contributed by atoms with Crippen LogP contribution in [0, 0.1) is 0 Å². The molecule has 0 N–H and O–H groups in total. The molecule has 86 valence electrons. The molecule has 0 radical (unpaired) electrons. The van der Waals surface area contributed by atoms with Crippen LogP contribution in [0.15, 0.2) is 29.3 Å². The Morgan fingerprint density at radius 1 is 1.50 bits per heavy atom. The second kappa shape index (κ2) is 6.61. The van der Waals surface area contributed by atoms with Crippen molar-refractivity contribution in [2.75, 3.05) is 13.7 Å². The molecule has 0 bridgehead atoms. The molecule has 1 aromatic rings. The van der Waals surface area contributed by atoms with E-state index >= 15 is 0 Å². The Labute approximate surface area is 94.9 Å². The summed E-state index contributed by atoms with van der Waals surface area (Å²) in [4.78, 5) is 14.7. The summed E-state index contributed by atoms with van der Waals surface area (Å²) in [5, 5.41) is 0. The maximum Gasteiger partial charge on any atom is 0.302 e. The van der Waals surface area contributed by atoms with E-state index in [9.17, 15) is 4.79 Å².